The number of rotatable bonds is 4. The zero-order valence-electron chi connectivity index (χ0n) is 16.3. The lowest BCUT2D eigenvalue weighted by atomic mass is 10.0. The Hall–Kier alpha value is -2.22. The summed E-state index contributed by atoms with van der Waals surface area (Å²) in [5, 5.41) is 18.6. The minimum atomic E-state index is -1.12. The Balaban J connectivity index is 2.74. The molecule has 0 aliphatic carbocycles. The molecule has 0 radical (unpaired) electrons. The van der Waals surface area contributed by atoms with Gasteiger partial charge in [-0.3, -0.25) is 14.4 Å². The molecule has 2 N–H and O–H groups in total. The fourth-order valence-corrected chi connectivity index (χ4v) is 2.97. The van der Waals surface area contributed by atoms with Crippen LogP contribution >= 0.6 is 0 Å². The van der Waals surface area contributed by atoms with Crippen LogP contribution in [-0.2, 0) is 28.7 Å². The van der Waals surface area contributed by atoms with E-state index in [1.54, 1.807) is 6.92 Å². The third kappa shape index (κ3) is 10.8. The van der Waals surface area contributed by atoms with Crippen LogP contribution < -0.4 is 0 Å². The highest BCUT2D eigenvalue weighted by Gasteiger charge is 2.22. The molecule has 1 aliphatic rings. The number of carbonyl (C=O) groups is 4. The van der Waals surface area contributed by atoms with Crippen molar-refractivity contribution in [3.63, 3.8) is 0 Å². The highest BCUT2D eigenvalue weighted by atomic mass is 16.5. The molecule has 3 atom stereocenters. The summed E-state index contributed by atoms with van der Waals surface area (Å²) in [5.41, 5.74) is 0. The van der Waals surface area contributed by atoms with Crippen molar-refractivity contribution in [3.05, 3.63) is 12.2 Å². The third-order valence-electron chi connectivity index (χ3n) is 4.44. The number of aliphatic hydroxyl groups excluding tert-OH is 1. The van der Waals surface area contributed by atoms with Crippen LogP contribution in [-0.4, -0.2) is 52.2 Å². The molecule has 0 aromatic heterocycles. The number of carboxylic acids is 1. The van der Waals surface area contributed by atoms with Gasteiger partial charge in [-0.2, -0.15) is 0 Å². The first kappa shape index (κ1) is 23.8. The Morgan fingerprint density at radius 2 is 1.71 bits per heavy atom. The quantitative estimate of drug-likeness (QED) is 0.691. The molecule has 28 heavy (non-hydrogen) atoms. The fraction of sp³-hybridized carbons (Fsp3) is 0.700. The van der Waals surface area contributed by atoms with E-state index in [4.69, 9.17) is 14.6 Å². The Morgan fingerprint density at radius 3 is 2.39 bits per heavy atom. The number of carboxylic acid groups (broad SMARTS) is 1. The van der Waals surface area contributed by atoms with Gasteiger partial charge in [-0.25, -0.2) is 4.79 Å². The average Bonchev–Trinajstić information content (AvgIpc) is 2.61. The molecule has 1 aliphatic heterocycles. The van der Waals surface area contributed by atoms with Crippen LogP contribution in [0.15, 0.2) is 12.2 Å². The highest BCUT2D eigenvalue weighted by Crippen LogP contribution is 2.16. The number of cyclic esters (lactones) is 1. The summed E-state index contributed by atoms with van der Waals surface area (Å²) in [6.45, 7) is 1.67. The van der Waals surface area contributed by atoms with Gasteiger partial charge in [0.2, 0.25) is 0 Å². The van der Waals surface area contributed by atoms with Crippen LogP contribution in [0.4, 0.5) is 0 Å². The number of ether oxygens (including phenoxy) is 2. The molecule has 1 heterocycles. The second-order valence-corrected chi connectivity index (χ2v) is 7.09. The second kappa shape index (κ2) is 13.0. The molecule has 0 spiro atoms. The van der Waals surface area contributed by atoms with Crippen molar-refractivity contribution in [2.75, 3.05) is 0 Å². The predicted molar refractivity (Wildman–Crippen MR) is 99.4 cm³/mol. The van der Waals surface area contributed by atoms with Crippen LogP contribution in [0.25, 0.3) is 0 Å². The zero-order chi connectivity index (χ0) is 20.9. The maximum Gasteiger partial charge on any atom is 0.331 e. The maximum absolute atomic E-state index is 12.3. The van der Waals surface area contributed by atoms with E-state index in [0.717, 1.165) is 37.8 Å². The van der Waals surface area contributed by atoms with Gasteiger partial charge in [-0.05, 0) is 32.3 Å². The summed E-state index contributed by atoms with van der Waals surface area (Å²) >= 11 is 0. The number of carbonyl (C=O) groups excluding carboxylic acids is 3. The van der Waals surface area contributed by atoms with Crippen LogP contribution in [0.2, 0.25) is 0 Å². The Bertz CT molecular complexity index is 569. The van der Waals surface area contributed by atoms with E-state index in [-0.39, 0.29) is 12.8 Å². The van der Waals surface area contributed by atoms with Gasteiger partial charge in [0, 0.05) is 12.5 Å². The molecular weight excluding hydrogens is 368 g/mol. The molecule has 1 rings (SSSR count). The van der Waals surface area contributed by atoms with Crippen molar-refractivity contribution in [2.24, 2.45) is 0 Å². The molecule has 8 heteroatoms. The van der Waals surface area contributed by atoms with E-state index in [1.165, 1.54) is 0 Å². The molecule has 8 nitrogen and oxygen atoms in total. The normalized spacial score (nSPS) is 26.9. The lowest BCUT2D eigenvalue weighted by Crippen LogP contribution is -2.27. The van der Waals surface area contributed by atoms with E-state index >= 15 is 0 Å². The second-order valence-electron chi connectivity index (χ2n) is 7.09. The number of esters is 2. The first-order valence-corrected chi connectivity index (χ1v) is 9.79. The number of hydrogen-bond acceptors (Lipinski definition) is 7. The summed E-state index contributed by atoms with van der Waals surface area (Å²) in [4.78, 5) is 46.5. The van der Waals surface area contributed by atoms with Crippen molar-refractivity contribution in [1.29, 1.82) is 0 Å². The van der Waals surface area contributed by atoms with Crippen LogP contribution in [0.3, 0.4) is 0 Å². The molecule has 158 valence electrons. The van der Waals surface area contributed by atoms with Gasteiger partial charge < -0.3 is 19.7 Å². The average molecular weight is 398 g/mol. The molecular formula is C20H30O8. The van der Waals surface area contributed by atoms with E-state index in [1.807, 2.05) is 0 Å². The smallest absolute Gasteiger partial charge is 0.331 e. The van der Waals surface area contributed by atoms with Gasteiger partial charge in [-0.1, -0.05) is 25.7 Å². The molecule has 0 bridgehead atoms. The van der Waals surface area contributed by atoms with Crippen molar-refractivity contribution in [2.45, 2.75) is 89.4 Å². The van der Waals surface area contributed by atoms with Gasteiger partial charge in [0.05, 0.1) is 18.9 Å². The zero-order valence-corrected chi connectivity index (χ0v) is 16.3. The lowest BCUT2D eigenvalue weighted by Gasteiger charge is -2.17. The topological polar surface area (TPSA) is 127 Å². The van der Waals surface area contributed by atoms with E-state index in [0.29, 0.717) is 25.7 Å². The van der Waals surface area contributed by atoms with E-state index in [2.05, 4.69) is 0 Å². The Morgan fingerprint density at radius 1 is 1.07 bits per heavy atom. The van der Waals surface area contributed by atoms with Crippen LogP contribution in [0, 0.1) is 0 Å². The van der Waals surface area contributed by atoms with Gasteiger partial charge in [-0.15, -0.1) is 0 Å². The minimum Gasteiger partial charge on any atom is -0.481 e. The van der Waals surface area contributed by atoms with Gasteiger partial charge >= 0.3 is 17.9 Å². The monoisotopic (exact) mass is 398 g/mol. The molecule has 0 saturated carbocycles. The molecule has 0 amide bonds. The van der Waals surface area contributed by atoms with E-state index in [9.17, 15) is 24.3 Å². The SMILES string of the molecule is C[C@@H]1CC(O)CCCCCCC[C@H](OC(=O)CCC(=O)O)C(=O)/C=C\C(=O)O1. The van der Waals surface area contributed by atoms with Gasteiger partial charge in [0.15, 0.2) is 11.9 Å². The van der Waals surface area contributed by atoms with Crippen molar-refractivity contribution in [1.82, 2.24) is 0 Å². The summed E-state index contributed by atoms with van der Waals surface area (Å²) in [7, 11) is 0. The lowest BCUT2D eigenvalue weighted by molar-refractivity contribution is -0.155. The standard InChI is InChI=1S/C20H30O8/c1-14-13-15(21)7-5-3-2-4-6-8-17(16(22)9-11-19(25)27-14)28-20(26)12-10-18(23)24/h9,11,14-15,17,21H,2-8,10,12-13H2,1H3,(H,23,24)/b11-9-/t14-,15?,17+/m1/s1. The van der Waals surface area contributed by atoms with Crippen LogP contribution in [0.1, 0.15) is 71.1 Å². The summed E-state index contributed by atoms with van der Waals surface area (Å²) < 4.78 is 10.3. The Kier molecular flexibility index (Phi) is 11.1. The van der Waals surface area contributed by atoms with Crippen LogP contribution in [0.5, 0.6) is 0 Å². The summed E-state index contributed by atoms with van der Waals surface area (Å²) in [6.07, 6.45) is 4.74. The van der Waals surface area contributed by atoms with E-state index < -0.39 is 42.0 Å². The summed E-state index contributed by atoms with van der Waals surface area (Å²) in [6, 6.07) is 0. The molecule has 0 aromatic carbocycles. The minimum absolute atomic E-state index is 0.302. The van der Waals surface area contributed by atoms with Gasteiger partial charge in [0.1, 0.15) is 6.10 Å². The molecule has 1 unspecified atom stereocenters. The molecule has 0 aromatic rings. The van der Waals surface area contributed by atoms with Gasteiger partial charge in [0.25, 0.3) is 0 Å². The largest absolute Gasteiger partial charge is 0.481 e. The Labute approximate surface area is 164 Å². The fourth-order valence-electron chi connectivity index (χ4n) is 2.97. The van der Waals surface area contributed by atoms with Crippen molar-refractivity contribution < 1.29 is 38.9 Å². The molecule has 0 saturated heterocycles. The first-order chi connectivity index (χ1) is 13.3. The number of aliphatic hydroxyl groups is 1. The highest BCUT2D eigenvalue weighted by molar-refractivity contribution is 5.99. The van der Waals surface area contributed by atoms with Crippen molar-refractivity contribution in [3.8, 4) is 0 Å². The third-order valence-corrected chi connectivity index (χ3v) is 4.44. The summed E-state index contributed by atoms with van der Waals surface area (Å²) in [5.74, 6) is -3.13. The maximum atomic E-state index is 12.3. The van der Waals surface area contributed by atoms with Crippen molar-refractivity contribution >= 4 is 23.7 Å². The number of aliphatic carboxylic acids is 1. The predicted octanol–water partition coefficient (Wildman–Crippen LogP) is 2.32. The number of hydrogen-bond donors (Lipinski definition) is 2. The number of ketones is 1. The first-order valence-electron chi connectivity index (χ1n) is 9.79. The molecule has 0 fully saturated rings.